The molecule has 1 aromatic carbocycles. The summed E-state index contributed by atoms with van der Waals surface area (Å²) >= 11 is 0. The van der Waals surface area contributed by atoms with Gasteiger partial charge in [0.05, 0.1) is 5.56 Å². The molecular formula is C23H29N3O2. The first-order chi connectivity index (χ1) is 13.6. The minimum atomic E-state index is -0.205. The molecule has 28 heavy (non-hydrogen) atoms. The smallest absolute Gasteiger partial charge is 0.254 e. The number of pyridine rings is 1. The Balaban J connectivity index is 1.43. The predicted octanol–water partition coefficient (Wildman–Crippen LogP) is 3.17. The molecule has 0 spiro atoms. The summed E-state index contributed by atoms with van der Waals surface area (Å²) in [5, 5.41) is 0.854. The zero-order valence-corrected chi connectivity index (χ0v) is 16.6. The second kappa shape index (κ2) is 7.03. The van der Waals surface area contributed by atoms with E-state index in [1.165, 1.54) is 44.7 Å². The van der Waals surface area contributed by atoms with Crippen LogP contribution in [0, 0.1) is 18.8 Å². The van der Waals surface area contributed by atoms with Gasteiger partial charge in [-0.25, -0.2) is 0 Å². The Hall–Kier alpha value is -2.14. The number of fused-ring (bicyclic) bond motifs is 5. The van der Waals surface area contributed by atoms with E-state index in [0.717, 1.165) is 42.0 Å². The van der Waals surface area contributed by atoms with Crippen LogP contribution in [-0.4, -0.2) is 52.9 Å². The highest BCUT2D eigenvalue weighted by molar-refractivity contribution is 6.06. The van der Waals surface area contributed by atoms with Crippen molar-refractivity contribution in [2.75, 3.05) is 26.2 Å². The van der Waals surface area contributed by atoms with E-state index < -0.39 is 0 Å². The number of carbonyl (C=O) groups is 1. The average molecular weight is 380 g/mol. The van der Waals surface area contributed by atoms with Gasteiger partial charge in [0.1, 0.15) is 0 Å². The van der Waals surface area contributed by atoms with E-state index >= 15 is 0 Å². The Morgan fingerprint density at radius 1 is 1.11 bits per heavy atom. The zero-order chi connectivity index (χ0) is 19.3. The van der Waals surface area contributed by atoms with Gasteiger partial charge < -0.3 is 9.88 Å². The maximum atomic E-state index is 13.5. The fraction of sp³-hybridized carbons (Fsp3) is 0.565. The summed E-state index contributed by atoms with van der Waals surface area (Å²) < 4.78 is 0. The molecule has 2 atom stereocenters. The lowest BCUT2D eigenvalue weighted by Crippen LogP contribution is -2.47. The molecule has 148 valence electrons. The highest BCUT2D eigenvalue weighted by Crippen LogP contribution is 2.33. The van der Waals surface area contributed by atoms with Crippen molar-refractivity contribution >= 4 is 16.8 Å². The molecule has 3 saturated heterocycles. The quantitative estimate of drug-likeness (QED) is 0.891. The number of carbonyl (C=O) groups excluding carboxylic acids is 1. The minimum absolute atomic E-state index is 0.0177. The number of amides is 1. The molecule has 2 bridgehead atoms. The number of aryl methyl sites for hydroxylation is 1. The number of benzene rings is 1. The van der Waals surface area contributed by atoms with Crippen LogP contribution in [0.4, 0.5) is 0 Å². The van der Waals surface area contributed by atoms with Crippen molar-refractivity contribution in [2.45, 2.75) is 45.1 Å². The molecule has 1 aromatic heterocycles. The van der Waals surface area contributed by atoms with Gasteiger partial charge in [-0.3, -0.25) is 14.5 Å². The van der Waals surface area contributed by atoms with Crippen LogP contribution in [0.3, 0.4) is 0 Å². The van der Waals surface area contributed by atoms with E-state index in [4.69, 9.17) is 0 Å². The highest BCUT2D eigenvalue weighted by atomic mass is 16.2. The van der Waals surface area contributed by atoms with Gasteiger partial charge in [0.25, 0.3) is 5.91 Å². The SMILES string of the molecule is Cc1ccc2[nH]c(=O)cc(C(=O)N3C[C@@H]4CC[C@H](C3)N(CC3CCC3)C4)c2c1. The summed E-state index contributed by atoms with van der Waals surface area (Å²) in [6, 6.07) is 7.83. The Bertz CT molecular complexity index is 962. The maximum absolute atomic E-state index is 13.5. The van der Waals surface area contributed by atoms with Crippen LogP contribution in [0.2, 0.25) is 0 Å². The standard InChI is InChI=1S/C23H29N3O2/c1-15-5-8-21-19(9-15)20(10-22(27)24-21)23(28)26-13-17-6-7-18(14-26)25(12-17)11-16-3-2-4-16/h5,8-10,16-18H,2-4,6-7,11-14H2,1H3,(H,24,27)/t17-,18-/m1/s1. The molecule has 1 aliphatic carbocycles. The molecule has 0 unspecified atom stereocenters. The van der Waals surface area contributed by atoms with Crippen LogP contribution >= 0.6 is 0 Å². The van der Waals surface area contributed by atoms with Crippen LogP contribution < -0.4 is 5.56 Å². The molecule has 5 heteroatoms. The molecule has 2 aromatic rings. The number of nitrogens with zero attached hydrogens (tertiary/aromatic N) is 2. The lowest BCUT2D eigenvalue weighted by molar-refractivity contribution is 0.0719. The van der Waals surface area contributed by atoms with Crippen molar-refractivity contribution in [3.63, 3.8) is 0 Å². The molecule has 1 N–H and O–H groups in total. The molecule has 1 saturated carbocycles. The Kier molecular flexibility index (Phi) is 4.50. The number of nitrogens with one attached hydrogen (secondary N) is 1. The molecule has 4 heterocycles. The fourth-order valence-corrected chi connectivity index (χ4v) is 5.29. The first-order valence-electron chi connectivity index (χ1n) is 10.7. The van der Waals surface area contributed by atoms with Gasteiger partial charge >= 0.3 is 0 Å². The summed E-state index contributed by atoms with van der Waals surface area (Å²) in [6.07, 6.45) is 6.52. The van der Waals surface area contributed by atoms with Gasteiger partial charge in [0.15, 0.2) is 0 Å². The van der Waals surface area contributed by atoms with Crippen LogP contribution in [0.1, 0.15) is 48.0 Å². The van der Waals surface area contributed by atoms with Gasteiger partial charge in [-0.1, -0.05) is 18.1 Å². The summed E-state index contributed by atoms with van der Waals surface area (Å²) in [5.74, 6) is 1.44. The summed E-state index contributed by atoms with van der Waals surface area (Å²) in [6.45, 7) is 5.96. The molecule has 6 rings (SSSR count). The Labute approximate surface area is 165 Å². The van der Waals surface area contributed by atoms with Crippen molar-refractivity contribution in [3.05, 3.63) is 45.7 Å². The number of aromatic nitrogens is 1. The second-order valence-corrected chi connectivity index (χ2v) is 9.15. The van der Waals surface area contributed by atoms with Gasteiger partial charge in [0, 0.05) is 49.2 Å². The number of hydrogen-bond acceptors (Lipinski definition) is 3. The van der Waals surface area contributed by atoms with Gasteiger partial charge in [-0.2, -0.15) is 0 Å². The minimum Gasteiger partial charge on any atom is -0.337 e. The largest absolute Gasteiger partial charge is 0.337 e. The van der Waals surface area contributed by atoms with Crippen molar-refractivity contribution in [1.82, 2.24) is 14.8 Å². The first kappa shape index (κ1) is 17.9. The first-order valence-corrected chi connectivity index (χ1v) is 10.7. The lowest BCUT2D eigenvalue weighted by Gasteiger charge is -2.40. The van der Waals surface area contributed by atoms with Crippen LogP contribution in [-0.2, 0) is 0 Å². The third kappa shape index (κ3) is 3.26. The third-order valence-electron chi connectivity index (χ3n) is 7.06. The normalized spacial score (nSPS) is 25.7. The van der Waals surface area contributed by atoms with Crippen LogP contribution in [0.25, 0.3) is 10.9 Å². The molecular weight excluding hydrogens is 350 g/mol. The monoisotopic (exact) mass is 379 g/mol. The van der Waals surface area contributed by atoms with Gasteiger partial charge in [-0.05, 0) is 56.6 Å². The molecule has 1 amide bonds. The molecule has 3 aliphatic heterocycles. The van der Waals surface area contributed by atoms with E-state index in [-0.39, 0.29) is 11.5 Å². The molecule has 0 radical (unpaired) electrons. The molecule has 5 nitrogen and oxygen atoms in total. The Morgan fingerprint density at radius 2 is 1.96 bits per heavy atom. The third-order valence-corrected chi connectivity index (χ3v) is 7.06. The summed E-state index contributed by atoms with van der Waals surface area (Å²) in [4.78, 5) is 33.2. The zero-order valence-electron chi connectivity index (χ0n) is 16.6. The number of rotatable bonds is 3. The maximum Gasteiger partial charge on any atom is 0.254 e. The number of H-pyrrole nitrogens is 1. The van der Waals surface area contributed by atoms with E-state index in [1.54, 1.807) is 0 Å². The van der Waals surface area contributed by atoms with Crippen molar-refractivity contribution in [1.29, 1.82) is 0 Å². The van der Waals surface area contributed by atoms with Gasteiger partial charge in [-0.15, -0.1) is 0 Å². The summed E-state index contributed by atoms with van der Waals surface area (Å²) in [7, 11) is 0. The van der Waals surface area contributed by atoms with Crippen LogP contribution in [0.5, 0.6) is 0 Å². The summed E-state index contributed by atoms with van der Waals surface area (Å²) in [5.41, 5.74) is 2.18. The molecule has 4 fully saturated rings. The second-order valence-electron chi connectivity index (χ2n) is 9.15. The fourth-order valence-electron chi connectivity index (χ4n) is 5.29. The number of piperidine rings is 1. The van der Waals surface area contributed by atoms with E-state index in [1.807, 2.05) is 30.0 Å². The number of aromatic amines is 1. The van der Waals surface area contributed by atoms with Gasteiger partial charge in [0.2, 0.25) is 5.56 Å². The average Bonchev–Trinajstić information content (AvgIpc) is 2.95. The highest BCUT2D eigenvalue weighted by Gasteiger charge is 2.38. The van der Waals surface area contributed by atoms with Crippen LogP contribution in [0.15, 0.2) is 29.1 Å². The van der Waals surface area contributed by atoms with Crippen molar-refractivity contribution < 1.29 is 4.79 Å². The predicted molar refractivity (Wildman–Crippen MR) is 111 cm³/mol. The van der Waals surface area contributed by atoms with Crippen molar-refractivity contribution in [2.24, 2.45) is 11.8 Å². The number of hydrogen-bond donors (Lipinski definition) is 1. The van der Waals surface area contributed by atoms with E-state index in [0.29, 0.717) is 17.5 Å². The van der Waals surface area contributed by atoms with E-state index in [9.17, 15) is 9.59 Å². The topological polar surface area (TPSA) is 56.4 Å². The lowest BCUT2D eigenvalue weighted by atomic mass is 9.83. The van der Waals surface area contributed by atoms with E-state index in [2.05, 4.69) is 9.88 Å². The molecule has 4 aliphatic rings. The Morgan fingerprint density at radius 3 is 2.75 bits per heavy atom. The van der Waals surface area contributed by atoms with Crippen molar-refractivity contribution in [3.8, 4) is 0 Å².